The van der Waals surface area contributed by atoms with E-state index in [0.717, 1.165) is 24.2 Å². The van der Waals surface area contributed by atoms with Crippen molar-refractivity contribution in [3.05, 3.63) is 0 Å². The van der Waals surface area contributed by atoms with E-state index in [1.807, 2.05) is 0 Å². The van der Waals surface area contributed by atoms with Crippen LogP contribution in [-0.2, 0) is 9.53 Å². The summed E-state index contributed by atoms with van der Waals surface area (Å²) in [7, 11) is 0. The molecule has 126 valence electrons. The van der Waals surface area contributed by atoms with Crippen molar-refractivity contribution in [1.29, 1.82) is 0 Å². The molecule has 5 atom stereocenters. The van der Waals surface area contributed by atoms with Gasteiger partial charge >= 0.3 is 5.97 Å². The second-order valence-corrected chi connectivity index (χ2v) is 10.3. The summed E-state index contributed by atoms with van der Waals surface area (Å²) >= 11 is 0. The smallest absolute Gasteiger partial charge is 0.310 e. The third-order valence-corrected chi connectivity index (χ3v) is 6.60. The maximum atomic E-state index is 12.9. The Kier molecular flexibility index (Phi) is 3.89. The lowest BCUT2D eigenvalue weighted by atomic mass is 9.66. The number of ether oxygens (including phenoxy) is 1. The molecule has 0 radical (unpaired) electrons. The first-order valence-corrected chi connectivity index (χ1v) is 9.29. The van der Waals surface area contributed by atoms with E-state index in [-0.39, 0.29) is 28.8 Å². The first-order chi connectivity index (χ1) is 10.1. The zero-order chi connectivity index (χ0) is 16.3. The fraction of sp³-hybridized carbons (Fsp3) is 0.950. The lowest BCUT2D eigenvalue weighted by molar-refractivity contribution is -0.167. The molecule has 22 heavy (non-hydrogen) atoms. The summed E-state index contributed by atoms with van der Waals surface area (Å²) in [4.78, 5) is 12.9. The first kappa shape index (κ1) is 16.3. The molecule has 3 aliphatic rings. The van der Waals surface area contributed by atoms with Gasteiger partial charge in [-0.25, -0.2) is 0 Å². The molecule has 0 amide bonds. The summed E-state index contributed by atoms with van der Waals surface area (Å²) in [5.41, 5.74) is -0.105. The Morgan fingerprint density at radius 2 is 1.50 bits per heavy atom. The zero-order valence-electron chi connectivity index (χ0n) is 15.3. The summed E-state index contributed by atoms with van der Waals surface area (Å²) in [6.07, 6.45) is 6.88. The number of carbonyl (C=O) groups is 1. The van der Waals surface area contributed by atoms with Crippen LogP contribution in [0.15, 0.2) is 0 Å². The van der Waals surface area contributed by atoms with Gasteiger partial charge in [-0.1, -0.05) is 48.0 Å². The van der Waals surface area contributed by atoms with E-state index in [0.29, 0.717) is 5.92 Å². The third kappa shape index (κ3) is 2.71. The van der Waals surface area contributed by atoms with Gasteiger partial charge in [0.05, 0.1) is 5.92 Å². The van der Waals surface area contributed by atoms with Gasteiger partial charge in [-0.2, -0.15) is 0 Å². The minimum absolute atomic E-state index is 0.0431. The van der Waals surface area contributed by atoms with E-state index in [1.165, 1.54) is 25.7 Å². The molecule has 3 rings (SSSR count). The minimum atomic E-state index is -0.0527. The quantitative estimate of drug-likeness (QED) is 0.666. The van der Waals surface area contributed by atoms with Crippen LogP contribution in [0, 0.1) is 40.4 Å². The molecule has 3 saturated carbocycles. The molecular formula is C20H34O2. The van der Waals surface area contributed by atoms with Crippen molar-refractivity contribution in [3.8, 4) is 0 Å². The van der Waals surface area contributed by atoms with Gasteiger partial charge < -0.3 is 4.74 Å². The van der Waals surface area contributed by atoms with Crippen LogP contribution < -0.4 is 0 Å². The molecule has 2 bridgehead atoms. The van der Waals surface area contributed by atoms with E-state index in [2.05, 4.69) is 41.5 Å². The van der Waals surface area contributed by atoms with E-state index < -0.39 is 0 Å². The van der Waals surface area contributed by atoms with Crippen LogP contribution >= 0.6 is 0 Å². The summed E-state index contributed by atoms with van der Waals surface area (Å²) < 4.78 is 6.13. The van der Waals surface area contributed by atoms with Crippen molar-refractivity contribution in [1.82, 2.24) is 0 Å². The highest BCUT2D eigenvalue weighted by Gasteiger charge is 2.55. The van der Waals surface area contributed by atoms with E-state index in [1.54, 1.807) is 0 Å². The molecule has 0 aromatic heterocycles. The number of hydrogen-bond acceptors (Lipinski definition) is 2. The predicted molar refractivity (Wildman–Crippen MR) is 89.3 cm³/mol. The zero-order valence-corrected chi connectivity index (χ0v) is 15.3. The van der Waals surface area contributed by atoms with Crippen LogP contribution in [-0.4, -0.2) is 12.1 Å². The predicted octanol–water partition coefficient (Wildman–Crippen LogP) is 5.06. The van der Waals surface area contributed by atoms with Gasteiger partial charge in [0.25, 0.3) is 0 Å². The molecular weight excluding hydrogens is 272 g/mol. The lowest BCUT2D eigenvalue weighted by Crippen LogP contribution is -2.43. The average Bonchev–Trinajstić information content (AvgIpc) is 2.93. The Bertz CT molecular complexity index is 426. The van der Waals surface area contributed by atoms with Crippen molar-refractivity contribution < 1.29 is 9.53 Å². The number of carbonyl (C=O) groups excluding carboxylic acids is 1. The van der Waals surface area contributed by atoms with Crippen LogP contribution in [0.1, 0.15) is 73.6 Å². The highest BCUT2D eigenvalue weighted by molar-refractivity contribution is 5.74. The maximum absolute atomic E-state index is 12.9. The number of hydrogen-bond donors (Lipinski definition) is 0. The van der Waals surface area contributed by atoms with Crippen molar-refractivity contribution in [2.24, 2.45) is 40.4 Å². The normalized spacial score (nSPS) is 37.7. The highest BCUT2D eigenvalue weighted by Crippen LogP contribution is 2.59. The van der Waals surface area contributed by atoms with Crippen LogP contribution in [0.2, 0.25) is 0 Å². The SMILES string of the molecule is CC(C)(C)C(C(=O)OC1CC2CC1C1CCCC21)C(C)(C)C. The maximum Gasteiger partial charge on any atom is 0.310 e. The van der Waals surface area contributed by atoms with E-state index in [4.69, 9.17) is 4.74 Å². The second-order valence-electron chi connectivity index (χ2n) is 10.3. The Balaban J connectivity index is 1.69. The van der Waals surface area contributed by atoms with Crippen molar-refractivity contribution in [3.63, 3.8) is 0 Å². The molecule has 3 fully saturated rings. The van der Waals surface area contributed by atoms with Crippen molar-refractivity contribution in [2.45, 2.75) is 79.8 Å². The van der Waals surface area contributed by atoms with E-state index >= 15 is 0 Å². The lowest BCUT2D eigenvalue weighted by Gasteiger charge is -2.40. The molecule has 2 heteroatoms. The first-order valence-electron chi connectivity index (χ1n) is 9.29. The van der Waals surface area contributed by atoms with Gasteiger partial charge in [0.1, 0.15) is 6.10 Å². The van der Waals surface area contributed by atoms with Crippen molar-refractivity contribution >= 4 is 5.97 Å². The largest absolute Gasteiger partial charge is 0.462 e. The van der Waals surface area contributed by atoms with Crippen LogP contribution in [0.3, 0.4) is 0 Å². The van der Waals surface area contributed by atoms with Gasteiger partial charge in [-0.05, 0) is 60.2 Å². The molecule has 0 aliphatic heterocycles. The third-order valence-electron chi connectivity index (χ3n) is 6.60. The monoisotopic (exact) mass is 306 g/mol. The van der Waals surface area contributed by atoms with E-state index in [9.17, 15) is 4.79 Å². The summed E-state index contributed by atoms with van der Waals surface area (Å²) in [5, 5.41) is 0. The number of rotatable bonds is 2. The van der Waals surface area contributed by atoms with Gasteiger partial charge in [-0.3, -0.25) is 4.79 Å². The molecule has 0 aromatic carbocycles. The molecule has 0 heterocycles. The summed E-state index contributed by atoms with van der Waals surface area (Å²) in [6.45, 7) is 13.0. The standard InChI is InChI=1S/C20H34O2/c1-19(2,3)17(20(4,5)6)18(21)22-16-11-12-10-15(16)14-9-7-8-13(12)14/h12-17H,7-11H2,1-6H3. The Hall–Kier alpha value is -0.530. The fourth-order valence-corrected chi connectivity index (χ4v) is 6.36. The fourth-order valence-electron chi connectivity index (χ4n) is 6.36. The number of esters is 1. The Labute approximate surface area is 136 Å². The molecule has 5 unspecified atom stereocenters. The Morgan fingerprint density at radius 1 is 0.909 bits per heavy atom. The van der Waals surface area contributed by atoms with Gasteiger partial charge in [0, 0.05) is 0 Å². The van der Waals surface area contributed by atoms with Gasteiger partial charge in [-0.15, -0.1) is 0 Å². The summed E-state index contributed by atoms with van der Waals surface area (Å²) in [6, 6.07) is 0. The minimum Gasteiger partial charge on any atom is -0.462 e. The molecule has 3 aliphatic carbocycles. The second kappa shape index (κ2) is 5.24. The molecule has 2 nitrogen and oxygen atoms in total. The Morgan fingerprint density at radius 3 is 2.09 bits per heavy atom. The summed E-state index contributed by atoms with van der Waals surface area (Å²) in [5.74, 6) is 3.34. The molecule has 0 aromatic rings. The molecule has 0 saturated heterocycles. The highest BCUT2D eigenvalue weighted by atomic mass is 16.5. The number of fused-ring (bicyclic) bond motifs is 5. The topological polar surface area (TPSA) is 26.3 Å². The van der Waals surface area contributed by atoms with Crippen LogP contribution in [0.4, 0.5) is 0 Å². The van der Waals surface area contributed by atoms with Crippen LogP contribution in [0.5, 0.6) is 0 Å². The van der Waals surface area contributed by atoms with Gasteiger partial charge in [0.2, 0.25) is 0 Å². The van der Waals surface area contributed by atoms with Crippen LogP contribution in [0.25, 0.3) is 0 Å². The molecule has 0 N–H and O–H groups in total. The molecule has 0 spiro atoms. The van der Waals surface area contributed by atoms with Crippen molar-refractivity contribution in [2.75, 3.05) is 0 Å². The average molecular weight is 306 g/mol. The van der Waals surface area contributed by atoms with Gasteiger partial charge in [0.15, 0.2) is 0 Å².